The van der Waals surface area contributed by atoms with Crippen LogP contribution in [0.1, 0.15) is 27.2 Å². The van der Waals surface area contributed by atoms with Crippen molar-refractivity contribution < 1.29 is 14.6 Å². The molecule has 1 saturated heterocycles. The summed E-state index contributed by atoms with van der Waals surface area (Å²) in [6, 6.07) is 0. The molecule has 1 rings (SSSR count). The van der Waals surface area contributed by atoms with E-state index >= 15 is 0 Å². The molecule has 2 atom stereocenters. The molecular formula is C11H21NO3. The molecule has 1 amide bonds. The van der Waals surface area contributed by atoms with Crippen LogP contribution in [0.2, 0.25) is 0 Å². The number of carbonyl (C=O) groups excluding carboxylic acids is 1. The molecule has 0 saturated carbocycles. The second kappa shape index (κ2) is 4.94. The topological polar surface area (TPSA) is 58.6 Å². The average Bonchev–Trinajstić information content (AvgIpc) is 2.61. The van der Waals surface area contributed by atoms with Gasteiger partial charge < -0.3 is 15.2 Å². The summed E-state index contributed by atoms with van der Waals surface area (Å²) >= 11 is 0. The first-order chi connectivity index (χ1) is 6.96. The number of aliphatic hydroxyl groups is 1. The number of aliphatic hydroxyl groups excluding tert-OH is 1. The third-order valence-corrected chi connectivity index (χ3v) is 2.88. The number of rotatable bonds is 4. The highest BCUT2D eigenvalue weighted by Gasteiger charge is 2.31. The monoisotopic (exact) mass is 215 g/mol. The van der Waals surface area contributed by atoms with Gasteiger partial charge >= 0.3 is 0 Å². The molecule has 15 heavy (non-hydrogen) atoms. The van der Waals surface area contributed by atoms with Crippen molar-refractivity contribution in [3.05, 3.63) is 0 Å². The van der Waals surface area contributed by atoms with Gasteiger partial charge in [0.2, 0.25) is 5.91 Å². The number of carbonyl (C=O) groups is 1. The lowest BCUT2D eigenvalue weighted by molar-refractivity contribution is -0.126. The molecule has 2 unspecified atom stereocenters. The summed E-state index contributed by atoms with van der Waals surface area (Å²) in [5, 5.41) is 11.9. The minimum absolute atomic E-state index is 0.0160. The van der Waals surface area contributed by atoms with Gasteiger partial charge in [-0.2, -0.15) is 0 Å². The van der Waals surface area contributed by atoms with E-state index in [9.17, 15) is 4.79 Å². The fourth-order valence-electron chi connectivity index (χ4n) is 1.59. The lowest BCUT2D eigenvalue weighted by atomic mass is 9.94. The van der Waals surface area contributed by atoms with Crippen molar-refractivity contribution in [3.63, 3.8) is 0 Å². The quantitative estimate of drug-likeness (QED) is 0.720. The van der Waals surface area contributed by atoms with E-state index in [0.717, 1.165) is 6.42 Å². The molecule has 0 spiro atoms. The Morgan fingerprint density at radius 1 is 1.60 bits per heavy atom. The van der Waals surface area contributed by atoms with Crippen LogP contribution >= 0.6 is 0 Å². The Bertz CT molecular complexity index is 228. The molecule has 1 heterocycles. The highest BCUT2D eigenvalue weighted by atomic mass is 16.5. The van der Waals surface area contributed by atoms with Crippen molar-refractivity contribution in [2.75, 3.05) is 19.8 Å². The van der Waals surface area contributed by atoms with Gasteiger partial charge in [0.1, 0.15) is 0 Å². The summed E-state index contributed by atoms with van der Waals surface area (Å²) in [6.07, 6.45) is 0.814. The first-order valence-electron chi connectivity index (χ1n) is 5.46. The number of nitrogens with one attached hydrogen (secondary N) is 1. The largest absolute Gasteiger partial charge is 0.396 e. The van der Waals surface area contributed by atoms with Gasteiger partial charge in [0, 0.05) is 25.2 Å². The second-order valence-electron chi connectivity index (χ2n) is 5.01. The molecule has 0 aromatic carbocycles. The number of hydrogen-bond acceptors (Lipinski definition) is 3. The van der Waals surface area contributed by atoms with Crippen LogP contribution < -0.4 is 5.32 Å². The van der Waals surface area contributed by atoms with E-state index in [1.807, 2.05) is 20.8 Å². The molecule has 2 N–H and O–H groups in total. The molecule has 0 aromatic rings. The van der Waals surface area contributed by atoms with Gasteiger partial charge in [-0.25, -0.2) is 0 Å². The van der Waals surface area contributed by atoms with Gasteiger partial charge in [0.15, 0.2) is 0 Å². The van der Waals surface area contributed by atoms with E-state index in [-0.39, 0.29) is 30.0 Å². The van der Waals surface area contributed by atoms with Crippen molar-refractivity contribution in [2.45, 2.75) is 33.3 Å². The summed E-state index contributed by atoms with van der Waals surface area (Å²) in [4.78, 5) is 11.7. The molecule has 1 aliphatic rings. The molecule has 1 fully saturated rings. The van der Waals surface area contributed by atoms with Crippen LogP contribution in [-0.4, -0.2) is 36.9 Å². The van der Waals surface area contributed by atoms with Crippen molar-refractivity contribution in [1.29, 1.82) is 0 Å². The third-order valence-electron chi connectivity index (χ3n) is 2.88. The zero-order valence-corrected chi connectivity index (χ0v) is 9.75. The molecule has 0 radical (unpaired) electrons. The van der Waals surface area contributed by atoms with E-state index in [1.54, 1.807) is 0 Å². The van der Waals surface area contributed by atoms with Gasteiger partial charge in [-0.15, -0.1) is 0 Å². The highest BCUT2D eigenvalue weighted by molar-refractivity contribution is 5.79. The lowest BCUT2D eigenvalue weighted by Crippen LogP contribution is -2.40. The number of hydrogen-bond donors (Lipinski definition) is 2. The minimum Gasteiger partial charge on any atom is -0.396 e. The average molecular weight is 215 g/mol. The fraction of sp³-hybridized carbons (Fsp3) is 0.909. The summed E-state index contributed by atoms with van der Waals surface area (Å²) < 4.78 is 5.33. The lowest BCUT2D eigenvalue weighted by Gasteiger charge is -2.23. The van der Waals surface area contributed by atoms with E-state index in [0.29, 0.717) is 13.2 Å². The molecule has 0 aromatic heterocycles. The van der Waals surface area contributed by atoms with Crippen LogP contribution in [0.4, 0.5) is 0 Å². The summed E-state index contributed by atoms with van der Waals surface area (Å²) in [5.41, 5.74) is -0.252. The molecular weight excluding hydrogens is 194 g/mol. The van der Waals surface area contributed by atoms with Gasteiger partial charge in [-0.05, 0) is 13.3 Å². The Kier molecular flexibility index (Phi) is 4.11. The van der Waals surface area contributed by atoms with Crippen LogP contribution in [0.25, 0.3) is 0 Å². The molecule has 4 nitrogen and oxygen atoms in total. The maximum absolute atomic E-state index is 11.7. The number of amides is 1. The first-order valence-corrected chi connectivity index (χ1v) is 5.46. The van der Waals surface area contributed by atoms with Crippen molar-refractivity contribution in [3.8, 4) is 0 Å². The van der Waals surface area contributed by atoms with Crippen molar-refractivity contribution in [2.24, 2.45) is 11.3 Å². The summed E-state index contributed by atoms with van der Waals surface area (Å²) in [7, 11) is 0. The predicted molar refractivity (Wildman–Crippen MR) is 57.4 cm³/mol. The SMILES string of the molecule is CC1OCCC1C(=O)NCC(C)(C)CO. The molecule has 0 aliphatic carbocycles. The van der Waals surface area contributed by atoms with E-state index in [2.05, 4.69) is 5.32 Å². The zero-order valence-electron chi connectivity index (χ0n) is 9.75. The Hall–Kier alpha value is -0.610. The predicted octanol–water partition coefficient (Wildman–Crippen LogP) is 0.546. The Balaban J connectivity index is 2.36. The summed E-state index contributed by atoms with van der Waals surface area (Å²) in [5.74, 6) is 0.0148. The highest BCUT2D eigenvalue weighted by Crippen LogP contribution is 2.21. The van der Waals surface area contributed by atoms with E-state index in [4.69, 9.17) is 9.84 Å². The zero-order chi connectivity index (χ0) is 11.5. The van der Waals surface area contributed by atoms with Crippen LogP contribution in [0.5, 0.6) is 0 Å². The maximum Gasteiger partial charge on any atom is 0.225 e. The van der Waals surface area contributed by atoms with Gasteiger partial charge in [-0.1, -0.05) is 13.8 Å². The summed E-state index contributed by atoms with van der Waals surface area (Å²) in [6.45, 7) is 7.01. The van der Waals surface area contributed by atoms with Crippen LogP contribution in [0.3, 0.4) is 0 Å². The Morgan fingerprint density at radius 2 is 2.27 bits per heavy atom. The van der Waals surface area contributed by atoms with Crippen LogP contribution in [0.15, 0.2) is 0 Å². The third kappa shape index (κ3) is 3.47. The molecule has 4 heteroatoms. The second-order valence-corrected chi connectivity index (χ2v) is 5.01. The van der Waals surface area contributed by atoms with E-state index < -0.39 is 0 Å². The van der Waals surface area contributed by atoms with Crippen LogP contribution in [-0.2, 0) is 9.53 Å². The van der Waals surface area contributed by atoms with Crippen LogP contribution in [0, 0.1) is 11.3 Å². The minimum atomic E-state index is -0.252. The van der Waals surface area contributed by atoms with Gasteiger partial charge in [-0.3, -0.25) is 4.79 Å². The molecule has 1 aliphatic heterocycles. The number of ether oxygens (including phenoxy) is 1. The molecule has 88 valence electrons. The molecule has 0 bridgehead atoms. The first kappa shape index (κ1) is 12.5. The van der Waals surface area contributed by atoms with E-state index in [1.165, 1.54) is 0 Å². The fourth-order valence-corrected chi connectivity index (χ4v) is 1.59. The standard InChI is InChI=1S/C11H21NO3/c1-8-9(4-5-15-8)10(14)12-6-11(2,3)7-13/h8-9,13H,4-7H2,1-3H3,(H,12,14). The Morgan fingerprint density at radius 3 is 2.73 bits per heavy atom. The van der Waals surface area contributed by atoms with Gasteiger partial charge in [0.05, 0.1) is 12.0 Å². The van der Waals surface area contributed by atoms with Gasteiger partial charge in [0.25, 0.3) is 0 Å². The van der Waals surface area contributed by atoms with Crippen molar-refractivity contribution >= 4 is 5.91 Å². The normalized spacial score (nSPS) is 26.7. The Labute approximate surface area is 91.0 Å². The smallest absolute Gasteiger partial charge is 0.225 e. The maximum atomic E-state index is 11.7. The van der Waals surface area contributed by atoms with Crippen molar-refractivity contribution in [1.82, 2.24) is 5.32 Å².